The lowest BCUT2D eigenvalue weighted by Gasteiger charge is -2.40. The molecule has 0 bridgehead atoms. The molecule has 1 aliphatic heterocycles. The summed E-state index contributed by atoms with van der Waals surface area (Å²) in [5.41, 5.74) is 6.94. The van der Waals surface area contributed by atoms with E-state index >= 15 is 0 Å². The maximum absolute atomic E-state index is 11.0. The van der Waals surface area contributed by atoms with Gasteiger partial charge in [0.05, 0.1) is 6.61 Å². The molecule has 6 atom stereocenters. The van der Waals surface area contributed by atoms with E-state index in [1.807, 2.05) is 31.2 Å². The van der Waals surface area contributed by atoms with Gasteiger partial charge in [0.25, 0.3) is 0 Å². The highest BCUT2D eigenvalue weighted by Gasteiger charge is 2.44. The van der Waals surface area contributed by atoms with Crippen molar-refractivity contribution < 1.29 is 34.7 Å². The van der Waals surface area contributed by atoms with Crippen molar-refractivity contribution in [3.8, 4) is 5.75 Å². The van der Waals surface area contributed by atoms with Crippen molar-refractivity contribution in [2.45, 2.75) is 49.2 Å². The van der Waals surface area contributed by atoms with E-state index in [1.165, 1.54) is 0 Å². The van der Waals surface area contributed by atoms with Gasteiger partial charge in [-0.1, -0.05) is 35.9 Å². The molecule has 2 aromatic rings. The third kappa shape index (κ3) is 6.39. The Kier molecular flexibility index (Phi) is 9.00. The van der Waals surface area contributed by atoms with Crippen molar-refractivity contribution in [2.75, 3.05) is 12.4 Å². The van der Waals surface area contributed by atoms with Crippen molar-refractivity contribution >= 4 is 29.3 Å². The highest BCUT2D eigenvalue weighted by Crippen LogP contribution is 2.38. The summed E-state index contributed by atoms with van der Waals surface area (Å²) in [6.45, 7) is 2.50. The summed E-state index contributed by atoms with van der Waals surface area (Å²) in [5, 5.41) is 40.8. The number of rotatable bonds is 9. The van der Waals surface area contributed by atoms with E-state index in [2.05, 4.69) is 0 Å². The van der Waals surface area contributed by atoms with Crippen molar-refractivity contribution in [1.82, 2.24) is 0 Å². The number of aliphatic carboxylic acids is 1. The first-order valence-electron chi connectivity index (χ1n) is 10.5. The number of ether oxygens (including phenoxy) is 2. The molecule has 8 nitrogen and oxygen atoms in total. The molecule has 1 saturated heterocycles. The van der Waals surface area contributed by atoms with Gasteiger partial charge in [0.2, 0.25) is 0 Å². The second-order valence-electron chi connectivity index (χ2n) is 7.78. The molecule has 33 heavy (non-hydrogen) atoms. The number of aliphatic hydroxyl groups excluding tert-OH is 3. The van der Waals surface area contributed by atoms with E-state index < -0.39 is 41.9 Å². The number of aliphatic hydroxyl groups is 3. The van der Waals surface area contributed by atoms with Crippen LogP contribution in [-0.2, 0) is 16.0 Å². The van der Waals surface area contributed by atoms with E-state index in [4.69, 9.17) is 31.9 Å². The molecule has 0 aliphatic carbocycles. The topological polar surface area (TPSA) is 142 Å². The number of carbonyl (C=O) groups is 1. The average molecular weight is 498 g/mol. The minimum atomic E-state index is -1.48. The lowest BCUT2D eigenvalue weighted by atomic mass is 9.92. The molecule has 0 spiro atoms. The zero-order valence-electron chi connectivity index (χ0n) is 18.0. The van der Waals surface area contributed by atoms with Gasteiger partial charge in [-0.05, 0) is 48.2 Å². The molecule has 6 N–H and O–H groups in total. The van der Waals surface area contributed by atoms with Gasteiger partial charge in [0.1, 0.15) is 41.6 Å². The number of carboxylic acid groups (broad SMARTS) is 1. The monoisotopic (exact) mass is 497 g/mol. The van der Waals surface area contributed by atoms with E-state index in [0.717, 1.165) is 28.6 Å². The molecule has 0 saturated carbocycles. The van der Waals surface area contributed by atoms with Crippen LogP contribution in [0.3, 0.4) is 0 Å². The van der Waals surface area contributed by atoms with Crippen LogP contribution in [0.4, 0.5) is 0 Å². The van der Waals surface area contributed by atoms with Crippen LogP contribution in [0.5, 0.6) is 5.75 Å². The minimum absolute atomic E-state index is 0.0315. The maximum atomic E-state index is 11.0. The number of hydrogen-bond acceptors (Lipinski definition) is 8. The number of carboxylic acids is 1. The molecule has 0 amide bonds. The van der Waals surface area contributed by atoms with Crippen molar-refractivity contribution in [2.24, 2.45) is 5.73 Å². The van der Waals surface area contributed by atoms with Crippen LogP contribution in [0.15, 0.2) is 42.5 Å². The molecule has 0 aromatic heterocycles. The van der Waals surface area contributed by atoms with Crippen LogP contribution in [0.25, 0.3) is 0 Å². The van der Waals surface area contributed by atoms with Gasteiger partial charge in [0, 0.05) is 10.8 Å². The zero-order valence-corrected chi connectivity index (χ0v) is 19.6. The molecule has 1 aliphatic rings. The quantitative estimate of drug-likeness (QED) is 0.351. The van der Waals surface area contributed by atoms with Crippen molar-refractivity contribution in [1.29, 1.82) is 0 Å². The molecular formula is C23H28ClNO7S. The van der Waals surface area contributed by atoms with Crippen LogP contribution in [0.1, 0.15) is 29.7 Å². The Hall–Kier alpha value is -1.85. The fraction of sp³-hybridized carbons (Fsp3) is 0.435. The van der Waals surface area contributed by atoms with Gasteiger partial charge >= 0.3 is 5.97 Å². The first-order chi connectivity index (χ1) is 15.7. The van der Waals surface area contributed by atoms with Crippen LogP contribution < -0.4 is 10.5 Å². The molecule has 0 radical (unpaired) electrons. The molecule has 2 aromatic carbocycles. The molecule has 180 valence electrons. The fourth-order valence-electron chi connectivity index (χ4n) is 3.53. The summed E-state index contributed by atoms with van der Waals surface area (Å²) in [7, 11) is 0. The summed E-state index contributed by atoms with van der Waals surface area (Å²) in [6, 6.07) is 11.7. The summed E-state index contributed by atoms with van der Waals surface area (Å²) < 4.78 is 11.3. The van der Waals surface area contributed by atoms with Crippen molar-refractivity contribution in [3.63, 3.8) is 0 Å². The molecule has 1 fully saturated rings. The second kappa shape index (κ2) is 11.5. The van der Waals surface area contributed by atoms with E-state index in [9.17, 15) is 20.1 Å². The Morgan fingerprint density at radius 3 is 2.48 bits per heavy atom. The van der Waals surface area contributed by atoms with Crippen LogP contribution in [-0.4, -0.2) is 68.5 Å². The third-order valence-corrected chi connectivity index (χ3v) is 6.99. The smallest absolute Gasteiger partial charge is 0.321 e. The van der Waals surface area contributed by atoms with Crippen LogP contribution in [0.2, 0.25) is 5.02 Å². The largest absolute Gasteiger partial charge is 0.494 e. The van der Waals surface area contributed by atoms with E-state index in [0.29, 0.717) is 23.6 Å². The van der Waals surface area contributed by atoms with Gasteiger partial charge in [-0.3, -0.25) is 4.79 Å². The summed E-state index contributed by atoms with van der Waals surface area (Å²) >= 11 is 7.38. The lowest BCUT2D eigenvalue weighted by molar-refractivity contribution is -0.200. The summed E-state index contributed by atoms with van der Waals surface area (Å²) in [4.78, 5) is 11.0. The number of hydrogen-bond donors (Lipinski definition) is 5. The molecule has 1 heterocycles. The SMILES string of the molecule is CCOc1ccc(Cc2cc([C@@H]3O[C@H](SCC(N)C(=O)O)[C@@H](O)[C@H](O)[C@H]3O)ccc2Cl)cc1. The van der Waals surface area contributed by atoms with E-state index in [1.54, 1.807) is 18.2 Å². The van der Waals surface area contributed by atoms with Gasteiger partial charge in [-0.2, -0.15) is 0 Å². The average Bonchev–Trinajstić information content (AvgIpc) is 2.80. The molecular weight excluding hydrogens is 470 g/mol. The Morgan fingerprint density at radius 2 is 1.85 bits per heavy atom. The molecule has 10 heteroatoms. The minimum Gasteiger partial charge on any atom is -0.494 e. The zero-order chi connectivity index (χ0) is 24.1. The molecule has 1 unspecified atom stereocenters. The predicted octanol–water partition coefficient (Wildman–Crippen LogP) is 1.95. The maximum Gasteiger partial charge on any atom is 0.321 e. The van der Waals surface area contributed by atoms with Crippen LogP contribution >= 0.6 is 23.4 Å². The highest BCUT2D eigenvalue weighted by molar-refractivity contribution is 7.99. The predicted molar refractivity (Wildman–Crippen MR) is 126 cm³/mol. The first kappa shape index (κ1) is 25.8. The Labute approximate surface area is 201 Å². The Bertz CT molecular complexity index is 945. The second-order valence-corrected chi connectivity index (χ2v) is 9.32. The van der Waals surface area contributed by atoms with E-state index in [-0.39, 0.29) is 5.75 Å². The number of benzene rings is 2. The Balaban J connectivity index is 1.78. The summed E-state index contributed by atoms with van der Waals surface area (Å²) in [6.07, 6.45) is -4.69. The lowest BCUT2D eigenvalue weighted by Crippen LogP contribution is -2.53. The van der Waals surface area contributed by atoms with Gasteiger partial charge in [0.15, 0.2) is 0 Å². The van der Waals surface area contributed by atoms with Gasteiger partial charge in [-0.15, -0.1) is 11.8 Å². The normalized spacial score (nSPS) is 26.1. The number of nitrogens with two attached hydrogens (primary N) is 1. The standard InChI is InChI=1S/C23H28ClNO7S/c1-2-31-15-6-3-12(4-7-15)9-14-10-13(5-8-16(14)24)21-19(27)18(26)20(28)23(32-21)33-11-17(25)22(29)30/h3-8,10,17-21,23,26-28H,2,9,11,25H2,1H3,(H,29,30)/t17?,18-,19-,20+,21+,23-/m1/s1. The Morgan fingerprint density at radius 1 is 1.15 bits per heavy atom. The fourth-order valence-corrected chi connectivity index (χ4v) is 4.81. The van der Waals surface area contributed by atoms with Gasteiger partial charge < -0.3 is 35.6 Å². The first-order valence-corrected chi connectivity index (χ1v) is 11.9. The van der Waals surface area contributed by atoms with Crippen molar-refractivity contribution in [3.05, 3.63) is 64.2 Å². The highest BCUT2D eigenvalue weighted by atomic mass is 35.5. The van der Waals surface area contributed by atoms with Crippen LogP contribution in [0, 0.1) is 0 Å². The van der Waals surface area contributed by atoms with Gasteiger partial charge in [-0.25, -0.2) is 0 Å². The third-order valence-electron chi connectivity index (χ3n) is 5.35. The number of halogens is 1. The number of thioether (sulfide) groups is 1. The molecule has 3 rings (SSSR count). The summed E-state index contributed by atoms with van der Waals surface area (Å²) in [5.74, 6) is -0.434.